The van der Waals surface area contributed by atoms with Crippen LogP contribution in [0.25, 0.3) is 0 Å². The van der Waals surface area contributed by atoms with E-state index >= 15 is 0 Å². The van der Waals surface area contributed by atoms with Crippen LogP contribution in [0.15, 0.2) is 40.1 Å². The van der Waals surface area contributed by atoms with Gasteiger partial charge in [0.15, 0.2) is 0 Å². The van der Waals surface area contributed by atoms with E-state index in [1.807, 2.05) is 6.92 Å². The summed E-state index contributed by atoms with van der Waals surface area (Å²) in [5.74, 6) is -0.496. The van der Waals surface area contributed by atoms with Crippen molar-refractivity contribution in [1.82, 2.24) is 19.0 Å². The van der Waals surface area contributed by atoms with Gasteiger partial charge in [-0.15, -0.1) is 0 Å². The Labute approximate surface area is 145 Å². The SMILES string of the molecule is CCC(CO)N(Cc1ccccn1)C(=O)c1cc(=O)n(C)c(=O)n1C. The van der Waals surface area contributed by atoms with Gasteiger partial charge in [0.2, 0.25) is 0 Å². The van der Waals surface area contributed by atoms with Crippen LogP contribution >= 0.6 is 0 Å². The molecule has 134 valence electrons. The molecule has 0 radical (unpaired) electrons. The van der Waals surface area contributed by atoms with Gasteiger partial charge in [-0.05, 0) is 18.6 Å². The molecule has 25 heavy (non-hydrogen) atoms. The molecule has 0 aliphatic rings. The highest BCUT2D eigenvalue weighted by molar-refractivity contribution is 5.92. The number of amides is 1. The Kier molecular flexibility index (Phi) is 5.87. The lowest BCUT2D eigenvalue weighted by Crippen LogP contribution is -2.46. The first-order valence-electron chi connectivity index (χ1n) is 7.99. The van der Waals surface area contributed by atoms with E-state index in [9.17, 15) is 19.5 Å². The van der Waals surface area contributed by atoms with Crippen LogP contribution in [0.1, 0.15) is 29.5 Å². The van der Waals surface area contributed by atoms with Crippen molar-refractivity contribution in [3.8, 4) is 0 Å². The smallest absolute Gasteiger partial charge is 0.331 e. The van der Waals surface area contributed by atoms with Gasteiger partial charge in [0.25, 0.3) is 11.5 Å². The lowest BCUT2D eigenvalue weighted by Gasteiger charge is -2.30. The van der Waals surface area contributed by atoms with Gasteiger partial charge in [0.1, 0.15) is 5.69 Å². The fourth-order valence-corrected chi connectivity index (χ4v) is 2.57. The zero-order valence-corrected chi connectivity index (χ0v) is 14.5. The number of hydrogen-bond donors (Lipinski definition) is 1. The maximum Gasteiger partial charge on any atom is 0.331 e. The number of pyridine rings is 1. The van der Waals surface area contributed by atoms with Gasteiger partial charge >= 0.3 is 5.69 Å². The van der Waals surface area contributed by atoms with Gasteiger partial charge in [0.05, 0.1) is 24.9 Å². The zero-order chi connectivity index (χ0) is 18.6. The number of rotatable bonds is 6. The Morgan fingerprint density at radius 2 is 2.00 bits per heavy atom. The monoisotopic (exact) mass is 346 g/mol. The van der Waals surface area contributed by atoms with Crippen LogP contribution in [-0.2, 0) is 20.6 Å². The predicted octanol–water partition coefficient (Wildman–Crippen LogP) is -0.108. The molecule has 1 amide bonds. The van der Waals surface area contributed by atoms with Crippen LogP contribution in [0, 0.1) is 0 Å². The second-order valence-corrected chi connectivity index (χ2v) is 5.77. The summed E-state index contributed by atoms with van der Waals surface area (Å²) in [6.07, 6.45) is 2.14. The van der Waals surface area contributed by atoms with Gasteiger partial charge in [-0.25, -0.2) is 4.79 Å². The summed E-state index contributed by atoms with van der Waals surface area (Å²) in [5, 5.41) is 9.64. The molecular weight excluding hydrogens is 324 g/mol. The molecule has 1 atom stereocenters. The highest BCUT2D eigenvalue weighted by Crippen LogP contribution is 2.13. The van der Waals surface area contributed by atoms with Gasteiger partial charge in [-0.2, -0.15) is 0 Å². The standard InChI is InChI=1S/C17H22N4O4/c1-4-13(11-22)21(10-12-7-5-6-8-18-12)16(24)14-9-15(23)20(3)17(25)19(14)2/h5-9,13,22H,4,10-11H2,1-3H3. The maximum atomic E-state index is 13.0. The Balaban J connectivity index is 2.49. The van der Waals surface area contributed by atoms with Crippen LogP contribution in [0.4, 0.5) is 0 Å². The number of carbonyl (C=O) groups excluding carboxylic acids is 1. The van der Waals surface area contributed by atoms with Crippen LogP contribution < -0.4 is 11.2 Å². The quantitative estimate of drug-likeness (QED) is 0.787. The van der Waals surface area contributed by atoms with E-state index in [2.05, 4.69) is 4.98 Å². The molecule has 2 aromatic heterocycles. The molecule has 0 saturated heterocycles. The third kappa shape index (κ3) is 3.85. The molecule has 2 aromatic rings. The third-order valence-electron chi connectivity index (χ3n) is 4.19. The Bertz CT molecular complexity index is 853. The summed E-state index contributed by atoms with van der Waals surface area (Å²) in [4.78, 5) is 42.7. The van der Waals surface area contributed by atoms with Crippen molar-refractivity contribution >= 4 is 5.91 Å². The summed E-state index contributed by atoms with van der Waals surface area (Å²) in [6.45, 7) is 1.79. The topological polar surface area (TPSA) is 97.4 Å². The van der Waals surface area contributed by atoms with E-state index in [0.29, 0.717) is 12.1 Å². The van der Waals surface area contributed by atoms with Crippen LogP contribution in [-0.4, -0.2) is 42.7 Å². The Morgan fingerprint density at radius 3 is 2.56 bits per heavy atom. The van der Waals surface area contributed by atoms with Crippen LogP contribution in [0.2, 0.25) is 0 Å². The van der Waals surface area contributed by atoms with E-state index in [-0.39, 0.29) is 18.8 Å². The lowest BCUT2D eigenvalue weighted by molar-refractivity contribution is 0.0548. The summed E-state index contributed by atoms with van der Waals surface area (Å²) >= 11 is 0. The molecule has 0 aromatic carbocycles. The van der Waals surface area contributed by atoms with E-state index in [0.717, 1.165) is 15.2 Å². The summed E-state index contributed by atoms with van der Waals surface area (Å²) in [7, 11) is 2.79. The largest absolute Gasteiger partial charge is 0.394 e. The molecule has 2 rings (SSSR count). The average molecular weight is 346 g/mol. The third-order valence-corrected chi connectivity index (χ3v) is 4.19. The van der Waals surface area contributed by atoms with Crippen molar-refractivity contribution in [3.63, 3.8) is 0 Å². The van der Waals surface area contributed by atoms with E-state index in [1.165, 1.54) is 19.0 Å². The molecule has 1 unspecified atom stereocenters. The van der Waals surface area contributed by atoms with Crippen LogP contribution in [0.3, 0.4) is 0 Å². The molecule has 0 fully saturated rings. The van der Waals surface area contributed by atoms with Crippen molar-refractivity contribution in [2.45, 2.75) is 25.9 Å². The van der Waals surface area contributed by atoms with Crippen molar-refractivity contribution in [3.05, 3.63) is 62.7 Å². The number of aliphatic hydroxyl groups excluding tert-OH is 1. The highest BCUT2D eigenvalue weighted by Gasteiger charge is 2.26. The van der Waals surface area contributed by atoms with E-state index < -0.39 is 23.2 Å². The number of aromatic nitrogens is 3. The van der Waals surface area contributed by atoms with Gasteiger partial charge in [-0.1, -0.05) is 13.0 Å². The predicted molar refractivity (Wildman–Crippen MR) is 92.2 cm³/mol. The number of aliphatic hydroxyl groups is 1. The minimum absolute atomic E-state index is 0.0177. The molecule has 2 heterocycles. The maximum absolute atomic E-state index is 13.0. The molecular formula is C17H22N4O4. The first-order valence-corrected chi connectivity index (χ1v) is 7.99. The number of nitrogens with zero attached hydrogens (tertiary/aromatic N) is 4. The van der Waals surface area contributed by atoms with E-state index in [1.54, 1.807) is 24.4 Å². The molecule has 1 N–H and O–H groups in total. The van der Waals surface area contributed by atoms with Crippen molar-refractivity contribution < 1.29 is 9.90 Å². The van der Waals surface area contributed by atoms with E-state index in [4.69, 9.17) is 0 Å². The molecule has 8 heteroatoms. The van der Waals surface area contributed by atoms with Crippen molar-refractivity contribution in [2.24, 2.45) is 14.1 Å². The minimum Gasteiger partial charge on any atom is -0.394 e. The van der Waals surface area contributed by atoms with Gasteiger partial charge < -0.3 is 10.0 Å². The lowest BCUT2D eigenvalue weighted by atomic mass is 10.1. The first kappa shape index (κ1) is 18.6. The minimum atomic E-state index is -0.578. The van der Waals surface area contributed by atoms with Gasteiger partial charge in [0, 0.05) is 26.4 Å². The number of carbonyl (C=O) groups is 1. The molecule has 8 nitrogen and oxygen atoms in total. The summed E-state index contributed by atoms with van der Waals surface area (Å²) in [6, 6.07) is 6.03. The zero-order valence-electron chi connectivity index (χ0n) is 14.5. The first-order chi connectivity index (χ1) is 11.9. The Hall–Kier alpha value is -2.74. The van der Waals surface area contributed by atoms with Crippen LogP contribution in [0.5, 0.6) is 0 Å². The average Bonchev–Trinajstić information content (AvgIpc) is 2.63. The fraction of sp³-hybridized carbons (Fsp3) is 0.412. The molecule has 0 aliphatic heterocycles. The molecule has 0 saturated carbocycles. The second-order valence-electron chi connectivity index (χ2n) is 5.77. The summed E-state index contributed by atoms with van der Waals surface area (Å²) < 4.78 is 2.07. The normalized spacial score (nSPS) is 12.0. The fourth-order valence-electron chi connectivity index (χ4n) is 2.57. The molecule has 0 bridgehead atoms. The van der Waals surface area contributed by atoms with Gasteiger partial charge in [-0.3, -0.25) is 23.7 Å². The van der Waals surface area contributed by atoms with Crippen molar-refractivity contribution in [1.29, 1.82) is 0 Å². The number of hydrogen-bond acceptors (Lipinski definition) is 5. The molecule has 0 aliphatic carbocycles. The van der Waals surface area contributed by atoms with Crippen molar-refractivity contribution in [2.75, 3.05) is 6.61 Å². The molecule has 0 spiro atoms. The second kappa shape index (κ2) is 7.89. The Morgan fingerprint density at radius 1 is 1.28 bits per heavy atom. The summed E-state index contributed by atoms with van der Waals surface area (Å²) in [5.41, 5.74) is -0.500. The highest BCUT2D eigenvalue weighted by atomic mass is 16.3.